The minimum Gasteiger partial charge on any atom is -0.506 e. The van der Waals surface area contributed by atoms with Crippen LogP contribution in [0.2, 0.25) is 0 Å². The van der Waals surface area contributed by atoms with Gasteiger partial charge in [-0.15, -0.1) is 0 Å². The number of nitro benzene ring substituents is 1. The molecule has 15 heteroatoms. The van der Waals surface area contributed by atoms with Gasteiger partial charge in [0.15, 0.2) is 0 Å². The van der Waals surface area contributed by atoms with Crippen LogP contribution in [-0.2, 0) is 10.0 Å². The molecule has 4 aromatic carbocycles. The summed E-state index contributed by atoms with van der Waals surface area (Å²) in [7, 11) is 4.86. The van der Waals surface area contributed by atoms with Gasteiger partial charge < -0.3 is 44.0 Å². The number of sulfonamides is 1. The molecule has 0 spiro atoms. The summed E-state index contributed by atoms with van der Waals surface area (Å²) in [5.41, 5.74) is 27.7. The average Bonchev–Trinajstić information content (AvgIpc) is 3.00. The summed E-state index contributed by atoms with van der Waals surface area (Å²) in [4.78, 5) is 9.89. The maximum Gasteiger partial charge on any atom is 0.292 e. The van der Waals surface area contributed by atoms with E-state index >= 15 is 0 Å². The number of anilines is 7. The number of nitro groups is 1. The average molecular weight is 642 g/mol. The number of aryl methyl sites for hydroxylation is 1. The molecule has 0 fully saturated rings. The molecule has 0 radical (unpaired) electrons. The third-order valence-electron chi connectivity index (χ3n) is 6.03. The molecule has 0 unspecified atom stereocenters. The SMILES string of the molecule is CN(C)S(=O)(=O)c1ccc(O)c(N)c1.CNc1ccc(C)c(N)c1.CNc1ccc([N+](=O)[O-])c(N)c1.CNc1cccc(N)c1. The Hall–Kier alpha value is -5.41. The van der Waals surface area contributed by atoms with Crippen molar-refractivity contribution in [3.05, 3.63) is 94.5 Å². The van der Waals surface area contributed by atoms with Crippen molar-refractivity contribution in [3.8, 4) is 5.75 Å². The molecule has 0 heterocycles. The van der Waals surface area contributed by atoms with Crippen molar-refractivity contribution in [2.24, 2.45) is 0 Å². The summed E-state index contributed by atoms with van der Waals surface area (Å²) in [6.45, 7) is 1.99. The van der Waals surface area contributed by atoms with Crippen molar-refractivity contribution in [3.63, 3.8) is 0 Å². The maximum atomic E-state index is 11.6. The van der Waals surface area contributed by atoms with Crippen molar-refractivity contribution >= 4 is 55.5 Å². The van der Waals surface area contributed by atoms with E-state index in [0.717, 1.165) is 38.3 Å². The number of nitrogen functional groups attached to an aromatic ring is 4. The number of nitrogens with two attached hydrogens (primary N) is 4. The van der Waals surface area contributed by atoms with Gasteiger partial charge in [-0.1, -0.05) is 12.1 Å². The molecule has 0 saturated carbocycles. The molecule has 0 aliphatic heterocycles. The molecule has 0 amide bonds. The highest BCUT2D eigenvalue weighted by atomic mass is 32.2. The monoisotopic (exact) mass is 641 g/mol. The predicted octanol–water partition coefficient (Wildman–Crippen LogP) is 4.37. The molecule has 0 aliphatic carbocycles. The van der Waals surface area contributed by atoms with Crippen molar-refractivity contribution in [1.82, 2.24) is 4.31 Å². The van der Waals surface area contributed by atoms with E-state index in [1.54, 1.807) is 13.1 Å². The summed E-state index contributed by atoms with van der Waals surface area (Å²) >= 11 is 0. The highest BCUT2D eigenvalue weighted by Crippen LogP contribution is 2.25. The molecule has 4 rings (SSSR count). The number of nitrogens with one attached hydrogen (secondary N) is 3. The first-order chi connectivity index (χ1) is 21.1. The summed E-state index contributed by atoms with van der Waals surface area (Å²) in [5.74, 6) is -0.122. The Kier molecular flexibility index (Phi) is 14.7. The topological polar surface area (TPSA) is 241 Å². The lowest BCUT2D eigenvalue weighted by Gasteiger charge is -2.11. The second-order valence-corrected chi connectivity index (χ2v) is 11.6. The molecule has 0 atom stereocenters. The molecule has 12 N–H and O–H groups in total. The zero-order chi connectivity index (χ0) is 34.3. The van der Waals surface area contributed by atoms with Gasteiger partial charge in [0.25, 0.3) is 5.69 Å². The van der Waals surface area contributed by atoms with Gasteiger partial charge >= 0.3 is 0 Å². The van der Waals surface area contributed by atoms with Crippen molar-refractivity contribution in [2.75, 3.05) is 74.1 Å². The third kappa shape index (κ3) is 12.0. The molecule has 0 bridgehead atoms. The Morgan fingerprint density at radius 1 is 0.733 bits per heavy atom. The Balaban J connectivity index is 0.000000304. The Labute approximate surface area is 264 Å². The molecule has 0 aromatic heterocycles. The van der Waals surface area contributed by atoms with Crippen molar-refractivity contribution in [1.29, 1.82) is 0 Å². The predicted molar refractivity (Wildman–Crippen MR) is 186 cm³/mol. The quantitative estimate of drug-likeness (QED) is 0.0633. The smallest absolute Gasteiger partial charge is 0.292 e. The van der Waals surface area contributed by atoms with Crippen LogP contribution >= 0.6 is 0 Å². The van der Waals surface area contributed by atoms with Crippen LogP contribution in [0.15, 0.2) is 83.8 Å². The molecular formula is C30H43N9O5S. The first-order valence-corrected chi connectivity index (χ1v) is 14.8. The van der Waals surface area contributed by atoms with Crippen LogP contribution in [0.4, 0.5) is 45.5 Å². The van der Waals surface area contributed by atoms with E-state index in [1.807, 2.05) is 63.5 Å². The van der Waals surface area contributed by atoms with E-state index in [2.05, 4.69) is 16.0 Å². The first-order valence-electron chi connectivity index (χ1n) is 13.4. The summed E-state index contributed by atoms with van der Waals surface area (Å²) in [6.07, 6.45) is 0. The summed E-state index contributed by atoms with van der Waals surface area (Å²) < 4.78 is 24.3. The number of nitrogens with zero attached hydrogens (tertiary/aromatic N) is 2. The lowest BCUT2D eigenvalue weighted by Crippen LogP contribution is -2.22. The third-order valence-corrected chi connectivity index (χ3v) is 7.84. The van der Waals surface area contributed by atoms with Gasteiger partial charge in [0.05, 0.1) is 15.5 Å². The summed E-state index contributed by atoms with van der Waals surface area (Å²) in [5, 5.41) is 28.3. The fourth-order valence-corrected chi connectivity index (χ4v) is 4.21. The lowest BCUT2D eigenvalue weighted by molar-refractivity contribution is -0.383. The van der Waals surface area contributed by atoms with Crippen LogP contribution in [0.1, 0.15) is 5.56 Å². The van der Waals surface area contributed by atoms with Gasteiger partial charge in [-0.2, -0.15) is 0 Å². The molecule has 45 heavy (non-hydrogen) atoms. The molecule has 0 saturated heterocycles. The van der Waals surface area contributed by atoms with Gasteiger partial charge in [0, 0.05) is 69.7 Å². The molecule has 4 aromatic rings. The van der Waals surface area contributed by atoms with E-state index in [9.17, 15) is 18.5 Å². The number of rotatable bonds is 6. The maximum absolute atomic E-state index is 11.6. The number of hydrogen-bond acceptors (Lipinski definition) is 12. The van der Waals surface area contributed by atoms with E-state index in [-0.39, 0.29) is 27.7 Å². The lowest BCUT2D eigenvalue weighted by atomic mass is 10.2. The first kappa shape index (κ1) is 37.6. The van der Waals surface area contributed by atoms with Crippen LogP contribution in [-0.4, -0.2) is 58.0 Å². The zero-order valence-electron chi connectivity index (χ0n) is 26.2. The Bertz CT molecular complexity index is 1670. The Morgan fingerprint density at radius 2 is 1.27 bits per heavy atom. The van der Waals surface area contributed by atoms with Gasteiger partial charge in [0.2, 0.25) is 10.0 Å². The fourth-order valence-electron chi connectivity index (χ4n) is 3.27. The van der Waals surface area contributed by atoms with Gasteiger partial charge in [-0.05, 0) is 73.2 Å². The number of aromatic hydroxyl groups is 1. The van der Waals surface area contributed by atoms with E-state index in [4.69, 9.17) is 28.0 Å². The van der Waals surface area contributed by atoms with Crippen LogP contribution in [0.5, 0.6) is 5.75 Å². The number of phenolic OH excluding ortho intramolecular Hbond substituents is 1. The van der Waals surface area contributed by atoms with Crippen LogP contribution in [0.25, 0.3) is 0 Å². The van der Waals surface area contributed by atoms with Crippen LogP contribution < -0.4 is 38.9 Å². The van der Waals surface area contributed by atoms with Crippen molar-refractivity contribution < 1.29 is 18.4 Å². The summed E-state index contributed by atoms with van der Waals surface area (Å²) in [6, 6.07) is 21.9. The zero-order valence-corrected chi connectivity index (χ0v) is 27.0. The Morgan fingerprint density at radius 3 is 1.69 bits per heavy atom. The largest absolute Gasteiger partial charge is 0.506 e. The molecule has 0 aliphatic rings. The second-order valence-electron chi connectivity index (χ2n) is 9.49. The minimum absolute atomic E-state index is 0.0490. The minimum atomic E-state index is -3.47. The fraction of sp³-hybridized carbons (Fsp3) is 0.200. The van der Waals surface area contributed by atoms with Gasteiger partial charge in [-0.3, -0.25) is 10.1 Å². The van der Waals surface area contributed by atoms with Gasteiger partial charge in [0.1, 0.15) is 11.4 Å². The van der Waals surface area contributed by atoms with Gasteiger partial charge in [-0.25, -0.2) is 12.7 Å². The van der Waals surface area contributed by atoms with E-state index < -0.39 is 14.9 Å². The number of hydrogen-bond donors (Lipinski definition) is 8. The normalized spacial score (nSPS) is 10.1. The van der Waals surface area contributed by atoms with Crippen molar-refractivity contribution in [2.45, 2.75) is 11.8 Å². The highest BCUT2D eigenvalue weighted by molar-refractivity contribution is 7.89. The standard InChI is InChI=1S/C8H12N2O3S.C8H12N2.C7H9N3O2.C7H10N2/c1-10(2)14(12,13)6-3-4-8(11)7(9)5-6;1-6-3-4-7(10-2)5-8(6)9;1-9-5-2-3-7(10(11)12)6(8)4-5;1-9-7-4-2-3-6(8)5-7/h3-5,11H,9H2,1-2H3;3-5,10H,9H2,1-2H3;2-4,9H,8H2,1H3;2-5,9H,8H2,1H3. The second kappa shape index (κ2) is 17.6. The molecule has 244 valence electrons. The highest BCUT2D eigenvalue weighted by Gasteiger charge is 2.17. The van der Waals surface area contributed by atoms with Crippen LogP contribution in [0.3, 0.4) is 0 Å². The van der Waals surface area contributed by atoms with Crippen LogP contribution in [0, 0.1) is 17.0 Å². The molecule has 14 nitrogen and oxygen atoms in total. The molecular weight excluding hydrogens is 598 g/mol. The number of benzene rings is 4. The van der Waals surface area contributed by atoms with E-state index in [0.29, 0.717) is 0 Å². The van der Waals surface area contributed by atoms with E-state index in [1.165, 1.54) is 44.4 Å². The number of phenols is 1.